The number of aromatic nitrogens is 1. The van der Waals surface area contributed by atoms with Crippen molar-refractivity contribution in [3.8, 4) is 5.75 Å². The Bertz CT molecular complexity index is 989. The van der Waals surface area contributed by atoms with E-state index in [2.05, 4.69) is 57.1 Å². The highest BCUT2D eigenvalue weighted by atomic mass is 16.3. The molecule has 0 radical (unpaired) electrons. The van der Waals surface area contributed by atoms with E-state index in [1.165, 1.54) is 0 Å². The highest BCUT2D eigenvalue weighted by molar-refractivity contribution is 5.83. The summed E-state index contributed by atoms with van der Waals surface area (Å²) in [6.45, 7) is 12.6. The van der Waals surface area contributed by atoms with Crippen molar-refractivity contribution in [2.45, 2.75) is 52.4 Å². The van der Waals surface area contributed by atoms with E-state index in [4.69, 9.17) is 0 Å². The fourth-order valence-electron chi connectivity index (χ4n) is 3.18. The number of hydrogen-bond acceptors (Lipinski definition) is 4. The number of anilines is 1. The highest BCUT2D eigenvalue weighted by Gasteiger charge is 2.26. The zero-order valence-corrected chi connectivity index (χ0v) is 17.5. The number of phenolic OH excluding ortho intramolecular Hbond substituents is 1. The van der Waals surface area contributed by atoms with Crippen LogP contribution in [0.3, 0.4) is 0 Å². The lowest BCUT2D eigenvalue weighted by atomic mass is 9.78. The van der Waals surface area contributed by atoms with Gasteiger partial charge in [0.05, 0.1) is 11.7 Å². The SMILES string of the molecule is CC(C)(C)c1cc(/C=N/Nc2ccc3ccccc3n2)cc(C(C)(C)C)c1O. The third-order valence-electron chi connectivity index (χ3n) is 4.74. The van der Waals surface area contributed by atoms with Crippen LogP contribution in [0, 0.1) is 0 Å². The molecule has 0 amide bonds. The van der Waals surface area contributed by atoms with Gasteiger partial charge in [0.15, 0.2) is 0 Å². The molecule has 1 aromatic heterocycles. The van der Waals surface area contributed by atoms with Gasteiger partial charge >= 0.3 is 0 Å². The first kappa shape index (κ1) is 19.9. The van der Waals surface area contributed by atoms with Gasteiger partial charge in [0.1, 0.15) is 11.6 Å². The molecule has 0 unspecified atom stereocenters. The van der Waals surface area contributed by atoms with E-state index >= 15 is 0 Å². The number of hydrogen-bond donors (Lipinski definition) is 2. The minimum absolute atomic E-state index is 0.165. The summed E-state index contributed by atoms with van der Waals surface area (Å²) in [5.41, 5.74) is 6.40. The van der Waals surface area contributed by atoms with Crippen LogP contribution in [0.4, 0.5) is 5.82 Å². The normalized spacial score (nSPS) is 12.6. The van der Waals surface area contributed by atoms with Crippen LogP contribution in [0.1, 0.15) is 58.2 Å². The van der Waals surface area contributed by atoms with Gasteiger partial charge in [0.2, 0.25) is 0 Å². The lowest BCUT2D eigenvalue weighted by Gasteiger charge is -2.27. The van der Waals surface area contributed by atoms with Crippen LogP contribution >= 0.6 is 0 Å². The second-order valence-electron chi connectivity index (χ2n) is 9.22. The van der Waals surface area contributed by atoms with E-state index in [0.717, 1.165) is 27.6 Å². The predicted molar refractivity (Wildman–Crippen MR) is 118 cm³/mol. The number of rotatable bonds is 3. The van der Waals surface area contributed by atoms with Crippen LogP contribution in [0.5, 0.6) is 5.75 Å². The maximum absolute atomic E-state index is 10.8. The molecule has 3 aromatic rings. The largest absolute Gasteiger partial charge is 0.507 e. The fraction of sp³-hybridized carbons (Fsp3) is 0.333. The first-order valence-corrected chi connectivity index (χ1v) is 9.58. The number of benzene rings is 2. The van der Waals surface area contributed by atoms with Crippen LogP contribution in [-0.4, -0.2) is 16.3 Å². The number of nitrogens with one attached hydrogen (secondary N) is 1. The zero-order chi connectivity index (χ0) is 20.5. The zero-order valence-electron chi connectivity index (χ0n) is 17.5. The van der Waals surface area contributed by atoms with E-state index < -0.39 is 0 Å². The molecule has 146 valence electrons. The molecule has 2 N–H and O–H groups in total. The Labute approximate surface area is 167 Å². The van der Waals surface area contributed by atoms with Crippen molar-refractivity contribution in [1.82, 2.24) is 4.98 Å². The molecule has 0 saturated heterocycles. The Kier molecular flexibility index (Phi) is 5.16. The van der Waals surface area contributed by atoms with E-state index in [0.29, 0.717) is 11.6 Å². The lowest BCUT2D eigenvalue weighted by Crippen LogP contribution is -2.18. The molecular formula is C24H29N3O. The summed E-state index contributed by atoms with van der Waals surface area (Å²) in [5, 5.41) is 16.3. The summed E-state index contributed by atoms with van der Waals surface area (Å²) in [5.74, 6) is 1.07. The number of para-hydroxylation sites is 1. The summed E-state index contributed by atoms with van der Waals surface area (Å²) >= 11 is 0. The number of aromatic hydroxyl groups is 1. The van der Waals surface area contributed by atoms with Crippen LogP contribution in [-0.2, 0) is 10.8 Å². The van der Waals surface area contributed by atoms with Crippen LogP contribution in [0.25, 0.3) is 10.9 Å². The van der Waals surface area contributed by atoms with E-state index in [1.54, 1.807) is 6.21 Å². The Morgan fingerprint density at radius 3 is 2.11 bits per heavy atom. The van der Waals surface area contributed by atoms with Crippen molar-refractivity contribution in [3.63, 3.8) is 0 Å². The second-order valence-corrected chi connectivity index (χ2v) is 9.22. The first-order chi connectivity index (χ1) is 13.1. The molecule has 0 bridgehead atoms. The molecule has 1 heterocycles. The van der Waals surface area contributed by atoms with Gasteiger partial charge < -0.3 is 5.11 Å². The van der Waals surface area contributed by atoms with Gasteiger partial charge in [-0.1, -0.05) is 59.7 Å². The minimum Gasteiger partial charge on any atom is -0.507 e. The molecule has 4 nitrogen and oxygen atoms in total. The molecule has 28 heavy (non-hydrogen) atoms. The minimum atomic E-state index is -0.165. The molecule has 0 aliphatic carbocycles. The average Bonchev–Trinajstić information content (AvgIpc) is 2.61. The summed E-state index contributed by atoms with van der Waals surface area (Å²) in [4.78, 5) is 4.57. The number of hydrazone groups is 1. The number of fused-ring (bicyclic) bond motifs is 1. The molecule has 0 aliphatic rings. The van der Waals surface area contributed by atoms with Gasteiger partial charge in [-0.2, -0.15) is 5.10 Å². The quantitative estimate of drug-likeness (QED) is 0.437. The molecule has 0 aliphatic heterocycles. The van der Waals surface area contributed by atoms with Crippen molar-refractivity contribution in [2.75, 3.05) is 5.43 Å². The Morgan fingerprint density at radius 2 is 1.50 bits per heavy atom. The third kappa shape index (κ3) is 4.33. The van der Waals surface area contributed by atoms with Crippen LogP contribution < -0.4 is 5.43 Å². The monoisotopic (exact) mass is 375 g/mol. The van der Waals surface area contributed by atoms with Crippen molar-refractivity contribution >= 4 is 22.9 Å². The maximum Gasteiger partial charge on any atom is 0.146 e. The van der Waals surface area contributed by atoms with Gasteiger partial charge in [-0.3, -0.25) is 5.43 Å². The van der Waals surface area contributed by atoms with Crippen molar-refractivity contribution in [1.29, 1.82) is 0 Å². The first-order valence-electron chi connectivity index (χ1n) is 9.58. The molecule has 2 aromatic carbocycles. The topological polar surface area (TPSA) is 57.5 Å². The van der Waals surface area contributed by atoms with Crippen molar-refractivity contribution in [2.24, 2.45) is 5.10 Å². The molecule has 0 fully saturated rings. The second kappa shape index (κ2) is 7.27. The molecule has 0 saturated carbocycles. The number of nitrogens with zero attached hydrogens (tertiary/aromatic N) is 2. The third-order valence-corrected chi connectivity index (χ3v) is 4.74. The van der Waals surface area contributed by atoms with Crippen molar-refractivity contribution in [3.05, 3.63) is 65.2 Å². The summed E-state index contributed by atoms with van der Waals surface area (Å²) < 4.78 is 0. The molecule has 4 heteroatoms. The lowest BCUT2D eigenvalue weighted by molar-refractivity contribution is 0.423. The predicted octanol–water partition coefficient (Wildman–Crippen LogP) is 5.98. The van der Waals surface area contributed by atoms with Crippen molar-refractivity contribution < 1.29 is 5.11 Å². The maximum atomic E-state index is 10.8. The van der Waals surface area contributed by atoms with Gasteiger partial charge in [-0.15, -0.1) is 0 Å². The molecular weight excluding hydrogens is 346 g/mol. The van der Waals surface area contributed by atoms with Gasteiger partial charge in [-0.25, -0.2) is 4.98 Å². The number of phenols is 1. The van der Waals surface area contributed by atoms with Crippen LogP contribution in [0.15, 0.2) is 53.6 Å². The van der Waals surface area contributed by atoms with E-state index in [-0.39, 0.29) is 10.8 Å². The Balaban J connectivity index is 1.92. The van der Waals surface area contributed by atoms with E-state index in [9.17, 15) is 5.11 Å². The molecule has 3 rings (SSSR count). The van der Waals surface area contributed by atoms with Gasteiger partial charge in [0.25, 0.3) is 0 Å². The smallest absolute Gasteiger partial charge is 0.146 e. The van der Waals surface area contributed by atoms with Gasteiger partial charge in [-0.05, 0) is 46.7 Å². The average molecular weight is 376 g/mol. The fourth-order valence-corrected chi connectivity index (χ4v) is 3.18. The molecule has 0 spiro atoms. The van der Waals surface area contributed by atoms with Crippen LogP contribution in [0.2, 0.25) is 0 Å². The summed E-state index contributed by atoms with van der Waals surface area (Å²) in [7, 11) is 0. The highest BCUT2D eigenvalue weighted by Crippen LogP contribution is 2.39. The van der Waals surface area contributed by atoms with E-state index in [1.807, 2.05) is 48.5 Å². The summed E-state index contributed by atoms with van der Waals surface area (Å²) in [6.07, 6.45) is 1.78. The standard InChI is InChI=1S/C24H29N3O/c1-23(2,3)18-13-16(14-19(22(18)28)24(4,5)6)15-25-27-21-12-11-17-9-7-8-10-20(17)26-21/h7-15,28H,1-6H3,(H,26,27)/b25-15+. The van der Waals surface area contributed by atoms with Gasteiger partial charge in [0, 0.05) is 16.5 Å². The number of pyridine rings is 1. The summed E-state index contributed by atoms with van der Waals surface area (Å²) in [6, 6.07) is 15.9. The Hall–Kier alpha value is -2.88. The Morgan fingerprint density at radius 1 is 0.893 bits per heavy atom. The molecule has 0 atom stereocenters.